The lowest BCUT2D eigenvalue weighted by Gasteiger charge is -2.04. The third kappa shape index (κ3) is 2.63. The molecule has 0 amide bonds. The van der Waals surface area contributed by atoms with E-state index in [0.717, 1.165) is 11.4 Å². The van der Waals surface area contributed by atoms with Gasteiger partial charge in [0.2, 0.25) is 0 Å². The van der Waals surface area contributed by atoms with E-state index < -0.39 is 5.97 Å². The summed E-state index contributed by atoms with van der Waals surface area (Å²) in [6.45, 7) is 5.52. The van der Waals surface area contributed by atoms with Crippen molar-refractivity contribution in [3.8, 4) is 0 Å². The van der Waals surface area contributed by atoms with Crippen molar-refractivity contribution < 1.29 is 9.90 Å². The highest BCUT2D eigenvalue weighted by Crippen LogP contribution is 2.10. The van der Waals surface area contributed by atoms with Crippen LogP contribution in [0.1, 0.15) is 17.3 Å². The van der Waals surface area contributed by atoms with Gasteiger partial charge in [-0.2, -0.15) is 0 Å². The summed E-state index contributed by atoms with van der Waals surface area (Å²) in [5.41, 5.74) is 1.95. The number of hydrogen-bond donors (Lipinski definition) is 2. The van der Waals surface area contributed by atoms with Gasteiger partial charge >= 0.3 is 5.97 Å². The third-order valence-corrected chi connectivity index (χ3v) is 1.49. The topological polar surface area (TPSA) is 49.3 Å². The second kappa shape index (κ2) is 3.76. The average Bonchev–Trinajstić information content (AvgIpc) is 2.04. The van der Waals surface area contributed by atoms with Crippen LogP contribution in [0.3, 0.4) is 0 Å². The van der Waals surface area contributed by atoms with Crippen LogP contribution in [0, 0.1) is 0 Å². The van der Waals surface area contributed by atoms with Gasteiger partial charge in [0.1, 0.15) is 0 Å². The largest absolute Gasteiger partial charge is 0.478 e. The average molecular weight is 177 g/mol. The van der Waals surface area contributed by atoms with E-state index in [-0.39, 0.29) is 5.56 Å². The van der Waals surface area contributed by atoms with E-state index in [1.54, 1.807) is 24.3 Å². The molecule has 0 aliphatic rings. The maximum Gasteiger partial charge on any atom is 0.335 e. The van der Waals surface area contributed by atoms with Crippen molar-refractivity contribution in [2.75, 3.05) is 5.32 Å². The first-order valence-electron chi connectivity index (χ1n) is 3.85. The summed E-state index contributed by atoms with van der Waals surface area (Å²) in [5, 5.41) is 11.6. The van der Waals surface area contributed by atoms with Crippen LogP contribution in [0.2, 0.25) is 0 Å². The van der Waals surface area contributed by atoms with E-state index in [4.69, 9.17) is 5.11 Å². The first kappa shape index (κ1) is 9.32. The summed E-state index contributed by atoms with van der Waals surface area (Å²) < 4.78 is 0. The highest BCUT2D eigenvalue weighted by atomic mass is 16.4. The predicted octanol–water partition coefficient (Wildman–Crippen LogP) is 2.33. The monoisotopic (exact) mass is 177 g/mol. The Morgan fingerprint density at radius 3 is 2.31 bits per heavy atom. The second-order valence-electron chi connectivity index (χ2n) is 2.79. The number of carboxylic acid groups (broad SMARTS) is 1. The molecule has 3 heteroatoms. The van der Waals surface area contributed by atoms with Crippen LogP contribution in [0.5, 0.6) is 0 Å². The third-order valence-electron chi connectivity index (χ3n) is 1.49. The molecule has 0 bridgehead atoms. The van der Waals surface area contributed by atoms with Gasteiger partial charge in [-0.05, 0) is 31.2 Å². The lowest BCUT2D eigenvalue weighted by atomic mass is 10.2. The molecule has 0 aliphatic heterocycles. The van der Waals surface area contributed by atoms with Crippen LogP contribution in [0.25, 0.3) is 0 Å². The predicted molar refractivity (Wildman–Crippen MR) is 51.8 cm³/mol. The number of aromatic carboxylic acids is 1. The fraction of sp³-hybridized carbons (Fsp3) is 0.100. The Morgan fingerprint density at radius 1 is 1.38 bits per heavy atom. The van der Waals surface area contributed by atoms with Crippen molar-refractivity contribution in [1.29, 1.82) is 0 Å². The number of anilines is 1. The summed E-state index contributed by atoms with van der Waals surface area (Å²) in [6, 6.07) is 6.51. The molecular formula is C10H11NO2. The maximum absolute atomic E-state index is 10.5. The Morgan fingerprint density at radius 2 is 1.92 bits per heavy atom. The normalized spacial score (nSPS) is 9.31. The molecule has 68 valence electrons. The van der Waals surface area contributed by atoms with Gasteiger partial charge in [0, 0.05) is 11.4 Å². The molecule has 2 N–H and O–H groups in total. The SMILES string of the molecule is C=C(C)Nc1ccc(C(=O)O)cc1. The Balaban J connectivity index is 2.81. The first-order valence-corrected chi connectivity index (χ1v) is 3.85. The Kier molecular flexibility index (Phi) is 2.69. The maximum atomic E-state index is 10.5. The van der Waals surface area contributed by atoms with Crippen LogP contribution < -0.4 is 5.32 Å². The van der Waals surface area contributed by atoms with Gasteiger partial charge in [-0.3, -0.25) is 0 Å². The van der Waals surface area contributed by atoms with Gasteiger partial charge in [-0.1, -0.05) is 6.58 Å². The molecular weight excluding hydrogens is 166 g/mol. The van der Waals surface area contributed by atoms with Gasteiger partial charge < -0.3 is 10.4 Å². The van der Waals surface area contributed by atoms with Gasteiger partial charge in [0.25, 0.3) is 0 Å². The van der Waals surface area contributed by atoms with E-state index in [1.807, 2.05) is 6.92 Å². The zero-order valence-electron chi connectivity index (χ0n) is 7.37. The van der Waals surface area contributed by atoms with Crippen molar-refractivity contribution >= 4 is 11.7 Å². The first-order chi connectivity index (χ1) is 6.09. The lowest BCUT2D eigenvalue weighted by Crippen LogP contribution is -1.97. The molecule has 0 aromatic heterocycles. The van der Waals surface area contributed by atoms with E-state index in [9.17, 15) is 4.79 Å². The molecule has 0 atom stereocenters. The van der Waals surface area contributed by atoms with Crippen molar-refractivity contribution in [1.82, 2.24) is 0 Å². The molecule has 1 rings (SSSR count). The van der Waals surface area contributed by atoms with Crippen molar-refractivity contribution in [3.63, 3.8) is 0 Å². The fourth-order valence-electron chi connectivity index (χ4n) is 0.943. The smallest absolute Gasteiger partial charge is 0.335 e. The molecule has 1 aromatic carbocycles. The number of nitrogens with one attached hydrogen (secondary N) is 1. The van der Waals surface area contributed by atoms with Gasteiger partial charge in [-0.25, -0.2) is 4.79 Å². The molecule has 0 saturated carbocycles. The number of carbonyl (C=O) groups is 1. The van der Waals surface area contributed by atoms with Gasteiger partial charge in [0.05, 0.1) is 5.56 Å². The Labute approximate surface area is 76.7 Å². The highest BCUT2D eigenvalue weighted by Gasteiger charge is 2.00. The van der Waals surface area contributed by atoms with Gasteiger partial charge in [-0.15, -0.1) is 0 Å². The summed E-state index contributed by atoms with van der Waals surface area (Å²) >= 11 is 0. The minimum Gasteiger partial charge on any atom is -0.478 e. The van der Waals surface area contributed by atoms with Crippen LogP contribution in [0.4, 0.5) is 5.69 Å². The van der Waals surface area contributed by atoms with Crippen molar-refractivity contribution in [3.05, 3.63) is 42.1 Å². The number of rotatable bonds is 3. The summed E-state index contributed by atoms with van der Waals surface area (Å²) in [5.74, 6) is -0.915. The molecule has 0 fully saturated rings. The van der Waals surface area contributed by atoms with Crippen LogP contribution >= 0.6 is 0 Å². The highest BCUT2D eigenvalue weighted by molar-refractivity contribution is 5.88. The summed E-state index contributed by atoms with van der Waals surface area (Å²) in [4.78, 5) is 10.5. The number of benzene rings is 1. The molecule has 0 spiro atoms. The van der Waals surface area contributed by atoms with Crippen molar-refractivity contribution in [2.24, 2.45) is 0 Å². The number of hydrogen-bond acceptors (Lipinski definition) is 2. The van der Waals surface area contributed by atoms with Crippen LogP contribution in [-0.2, 0) is 0 Å². The standard InChI is InChI=1S/C10H11NO2/c1-7(2)11-9-5-3-8(4-6-9)10(12)13/h3-6,11H,1H2,2H3,(H,12,13). The molecule has 0 heterocycles. The van der Waals surface area contributed by atoms with Crippen molar-refractivity contribution in [2.45, 2.75) is 6.92 Å². The second-order valence-corrected chi connectivity index (χ2v) is 2.79. The van der Waals surface area contributed by atoms with Crippen LogP contribution in [0.15, 0.2) is 36.5 Å². The van der Waals surface area contributed by atoms with E-state index >= 15 is 0 Å². The fourth-order valence-corrected chi connectivity index (χ4v) is 0.943. The minimum atomic E-state index is -0.915. The Bertz CT molecular complexity index is 327. The molecule has 0 aliphatic carbocycles. The molecule has 3 nitrogen and oxygen atoms in total. The minimum absolute atomic E-state index is 0.285. The lowest BCUT2D eigenvalue weighted by molar-refractivity contribution is 0.0697. The van der Waals surface area contributed by atoms with E-state index in [1.165, 1.54) is 0 Å². The van der Waals surface area contributed by atoms with E-state index in [2.05, 4.69) is 11.9 Å². The zero-order chi connectivity index (χ0) is 9.84. The Hall–Kier alpha value is -1.77. The molecule has 0 radical (unpaired) electrons. The molecule has 1 aromatic rings. The quantitative estimate of drug-likeness (QED) is 0.744. The zero-order valence-corrected chi connectivity index (χ0v) is 7.37. The number of allylic oxidation sites excluding steroid dienone is 1. The van der Waals surface area contributed by atoms with Crippen LogP contribution in [-0.4, -0.2) is 11.1 Å². The number of carboxylic acids is 1. The molecule has 13 heavy (non-hydrogen) atoms. The summed E-state index contributed by atoms with van der Waals surface area (Å²) in [7, 11) is 0. The molecule has 0 unspecified atom stereocenters. The molecule has 0 saturated heterocycles. The van der Waals surface area contributed by atoms with Gasteiger partial charge in [0.15, 0.2) is 0 Å². The van der Waals surface area contributed by atoms with E-state index in [0.29, 0.717) is 0 Å². The summed E-state index contributed by atoms with van der Waals surface area (Å²) in [6.07, 6.45) is 0.